The second-order valence-electron chi connectivity index (χ2n) is 1.70. The molecule has 3 heteroatoms. The summed E-state index contributed by atoms with van der Waals surface area (Å²) in [6.07, 6.45) is 7.94. The fraction of sp³-hybridized carbons (Fsp3) is 0. The van der Waals surface area contributed by atoms with Crippen molar-refractivity contribution in [2.45, 2.75) is 0 Å². The van der Waals surface area contributed by atoms with E-state index in [0.717, 1.165) is 0 Å². The summed E-state index contributed by atoms with van der Waals surface area (Å²) in [5, 5.41) is 10.2. The van der Waals surface area contributed by atoms with Crippen LogP contribution in [0.25, 0.3) is 0 Å². The second kappa shape index (κ2) is 2.37. The molecule has 0 atom stereocenters. The molecule has 0 aromatic rings. The monoisotopic (exact) mass is 124 g/mol. The van der Waals surface area contributed by atoms with Gasteiger partial charge in [0.25, 0.3) is 0 Å². The quantitative estimate of drug-likeness (QED) is 0.466. The standard InChI is InChI=1S/C6H8N2O/c7-8-4-1-2-6(9)3-5-8/h1-5,9H,7H2. The number of aliphatic hydroxyl groups is 1. The Kier molecular flexibility index (Phi) is 1.55. The first-order valence-electron chi connectivity index (χ1n) is 2.58. The number of hydrogen-bond acceptors (Lipinski definition) is 3. The maximum absolute atomic E-state index is 8.85. The van der Waals surface area contributed by atoms with Crippen molar-refractivity contribution < 1.29 is 5.11 Å². The summed E-state index contributed by atoms with van der Waals surface area (Å²) in [5.74, 6) is 5.52. The number of allylic oxidation sites excluding steroid dienone is 3. The van der Waals surface area contributed by atoms with Crippen LogP contribution < -0.4 is 5.84 Å². The third-order valence-electron chi connectivity index (χ3n) is 0.943. The first-order valence-corrected chi connectivity index (χ1v) is 2.58. The molecule has 0 aromatic carbocycles. The Morgan fingerprint density at radius 2 is 2.22 bits per heavy atom. The van der Waals surface area contributed by atoms with E-state index >= 15 is 0 Å². The molecule has 0 aromatic heterocycles. The van der Waals surface area contributed by atoms with Crippen LogP contribution in [0.1, 0.15) is 0 Å². The molecular weight excluding hydrogens is 116 g/mol. The smallest absolute Gasteiger partial charge is 0.117 e. The fourth-order valence-corrected chi connectivity index (χ4v) is 0.509. The van der Waals surface area contributed by atoms with Crippen LogP contribution in [0.15, 0.2) is 36.4 Å². The van der Waals surface area contributed by atoms with Gasteiger partial charge in [-0.05, 0) is 18.2 Å². The number of aliphatic hydroxyl groups excluding tert-OH is 1. The lowest BCUT2D eigenvalue weighted by molar-refractivity contribution is 0.430. The fourth-order valence-electron chi connectivity index (χ4n) is 0.509. The Morgan fingerprint density at radius 3 is 3.00 bits per heavy atom. The number of hydrazine groups is 1. The normalized spacial score (nSPS) is 17.4. The average molecular weight is 124 g/mol. The summed E-state index contributed by atoms with van der Waals surface area (Å²) < 4.78 is 0. The van der Waals surface area contributed by atoms with Crippen LogP contribution in [0, 0.1) is 0 Å². The van der Waals surface area contributed by atoms with E-state index in [4.69, 9.17) is 10.9 Å². The highest BCUT2D eigenvalue weighted by Gasteiger charge is 1.88. The molecule has 0 bridgehead atoms. The summed E-state index contributed by atoms with van der Waals surface area (Å²) in [6.45, 7) is 0. The zero-order valence-electron chi connectivity index (χ0n) is 4.86. The van der Waals surface area contributed by atoms with E-state index in [9.17, 15) is 0 Å². The molecule has 1 heterocycles. The maximum Gasteiger partial charge on any atom is 0.117 e. The van der Waals surface area contributed by atoms with Crippen molar-refractivity contribution in [2.24, 2.45) is 5.84 Å². The van der Waals surface area contributed by atoms with Gasteiger partial charge in [0.15, 0.2) is 0 Å². The van der Waals surface area contributed by atoms with Crippen molar-refractivity contribution in [1.29, 1.82) is 0 Å². The van der Waals surface area contributed by atoms with E-state index in [1.54, 1.807) is 24.6 Å². The molecule has 0 radical (unpaired) electrons. The molecule has 3 nitrogen and oxygen atoms in total. The minimum Gasteiger partial charge on any atom is -0.508 e. The first kappa shape index (κ1) is 5.91. The SMILES string of the molecule is NN1C=CC=C(O)C=C1. The van der Waals surface area contributed by atoms with Gasteiger partial charge in [-0.25, -0.2) is 5.84 Å². The molecule has 1 aliphatic rings. The second-order valence-corrected chi connectivity index (χ2v) is 1.70. The van der Waals surface area contributed by atoms with Crippen molar-refractivity contribution in [1.82, 2.24) is 5.01 Å². The van der Waals surface area contributed by atoms with Crippen LogP contribution in [0.3, 0.4) is 0 Å². The van der Waals surface area contributed by atoms with E-state index in [1.807, 2.05) is 0 Å². The van der Waals surface area contributed by atoms with Crippen LogP contribution in [-0.4, -0.2) is 10.1 Å². The van der Waals surface area contributed by atoms with E-state index in [1.165, 1.54) is 11.1 Å². The summed E-state index contributed by atoms with van der Waals surface area (Å²) in [6, 6.07) is 0. The first-order chi connectivity index (χ1) is 4.29. The molecule has 0 spiro atoms. The zero-order chi connectivity index (χ0) is 6.69. The predicted octanol–water partition coefficient (Wildman–Crippen LogP) is 0.645. The molecular formula is C6H8N2O. The van der Waals surface area contributed by atoms with Gasteiger partial charge in [0.1, 0.15) is 5.76 Å². The topological polar surface area (TPSA) is 49.5 Å². The highest BCUT2D eigenvalue weighted by atomic mass is 16.3. The molecule has 0 saturated heterocycles. The summed E-state index contributed by atoms with van der Waals surface area (Å²) in [7, 11) is 0. The minimum atomic E-state index is 0.208. The molecule has 9 heavy (non-hydrogen) atoms. The average Bonchev–Trinajstić information content (AvgIpc) is 1.97. The van der Waals surface area contributed by atoms with Gasteiger partial charge in [-0.1, -0.05) is 0 Å². The van der Waals surface area contributed by atoms with E-state index in [-0.39, 0.29) is 5.76 Å². The molecule has 0 unspecified atom stereocenters. The van der Waals surface area contributed by atoms with Crippen molar-refractivity contribution >= 4 is 0 Å². The van der Waals surface area contributed by atoms with Gasteiger partial charge < -0.3 is 5.11 Å². The lowest BCUT2D eigenvalue weighted by atomic mass is 10.4. The minimum absolute atomic E-state index is 0.208. The highest BCUT2D eigenvalue weighted by molar-refractivity contribution is 5.19. The third kappa shape index (κ3) is 1.62. The molecule has 0 saturated carbocycles. The van der Waals surface area contributed by atoms with Crippen LogP contribution in [-0.2, 0) is 0 Å². The Bertz CT molecular complexity index is 181. The predicted molar refractivity (Wildman–Crippen MR) is 35.0 cm³/mol. The largest absolute Gasteiger partial charge is 0.508 e. The molecule has 0 amide bonds. The van der Waals surface area contributed by atoms with Crippen molar-refractivity contribution in [3.63, 3.8) is 0 Å². The number of rotatable bonds is 0. The molecule has 1 rings (SSSR count). The Morgan fingerprint density at radius 1 is 1.44 bits per heavy atom. The van der Waals surface area contributed by atoms with Gasteiger partial charge in [-0.2, -0.15) is 0 Å². The van der Waals surface area contributed by atoms with Crippen LogP contribution in [0.4, 0.5) is 0 Å². The number of nitrogens with two attached hydrogens (primary N) is 1. The number of nitrogens with zero attached hydrogens (tertiary/aromatic N) is 1. The number of hydrogen-bond donors (Lipinski definition) is 2. The third-order valence-corrected chi connectivity index (χ3v) is 0.943. The zero-order valence-corrected chi connectivity index (χ0v) is 4.86. The van der Waals surface area contributed by atoms with Crippen molar-refractivity contribution in [3.05, 3.63) is 36.4 Å². The van der Waals surface area contributed by atoms with Gasteiger partial charge in [0.05, 0.1) is 0 Å². The summed E-state index contributed by atoms with van der Waals surface area (Å²) >= 11 is 0. The van der Waals surface area contributed by atoms with Gasteiger partial charge in [-0.15, -0.1) is 0 Å². The van der Waals surface area contributed by atoms with Crippen molar-refractivity contribution in [2.75, 3.05) is 0 Å². The van der Waals surface area contributed by atoms with Gasteiger partial charge in [-0.3, -0.25) is 5.01 Å². The van der Waals surface area contributed by atoms with E-state index in [0.29, 0.717) is 0 Å². The Balaban J connectivity index is 2.75. The summed E-state index contributed by atoms with van der Waals surface area (Å²) in [5.41, 5.74) is 0. The van der Waals surface area contributed by atoms with Crippen LogP contribution in [0.2, 0.25) is 0 Å². The van der Waals surface area contributed by atoms with Crippen LogP contribution >= 0.6 is 0 Å². The molecule has 1 aliphatic heterocycles. The van der Waals surface area contributed by atoms with Gasteiger partial charge in [0, 0.05) is 12.4 Å². The summed E-state index contributed by atoms with van der Waals surface area (Å²) in [4.78, 5) is 0. The van der Waals surface area contributed by atoms with E-state index < -0.39 is 0 Å². The Hall–Kier alpha value is -1.22. The van der Waals surface area contributed by atoms with E-state index in [2.05, 4.69) is 0 Å². The maximum atomic E-state index is 8.85. The molecule has 0 aliphatic carbocycles. The highest BCUT2D eigenvalue weighted by Crippen LogP contribution is 1.97. The molecule has 3 N–H and O–H groups in total. The molecule has 0 fully saturated rings. The van der Waals surface area contributed by atoms with Crippen LogP contribution in [0.5, 0.6) is 0 Å². The lowest BCUT2D eigenvalue weighted by Crippen LogP contribution is -2.16. The van der Waals surface area contributed by atoms with Gasteiger partial charge in [0.2, 0.25) is 0 Å². The lowest BCUT2D eigenvalue weighted by Gasteiger charge is -2.02. The molecule has 48 valence electrons. The van der Waals surface area contributed by atoms with Crippen molar-refractivity contribution in [3.8, 4) is 0 Å². The van der Waals surface area contributed by atoms with Gasteiger partial charge >= 0.3 is 0 Å². The Labute approximate surface area is 53.4 Å².